The molecule has 0 amide bonds. The average Bonchev–Trinajstić information content (AvgIpc) is 3.02. The molecular weight excluding hydrogens is 362 g/mol. The normalized spacial score (nSPS) is 14.6. The zero-order chi connectivity index (χ0) is 20.3. The second kappa shape index (κ2) is 7.91. The van der Waals surface area contributed by atoms with Gasteiger partial charge in [0, 0.05) is 20.2 Å². The number of carbonyl (C=O) groups excluding carboxylic acids is 1. The summed E-state index contributed by atoms with van der Waals surface area (Å²) in [4.78, 5) is 29.0. The highest BCUT2D eigenvalue weighted by atomic mass is 16.6. The van der Waals surface area contributed by atoms with E-state index >= 15 is 0 Å². The molecular formula is C20H19N3O5. The highest BCUT2D eigenvalue weighted by Gasteiger charge is 2.26. The molecule has 0 saturated heterocycles. The molecule has 0 aliphatic carbocycles. The topological polar surface area (TPSA) is 94.3 Å². The SMILES string of the molecule is CCOc1ccccc1C1=N/C(=C\c2ccc(N(C)C)c([N+](=O)[O-])c2)C(=O)O1. The number of hydrogen-bond acceptors (Lipinski definition) is 7. The predicted molar refractivity (Wildman–Crippen MR) is 106 cm³/mol. The number of rotatable bonds is 6. The summed E-state index contributed by atoms with van der Waals surface area (Å²) < 4.78 is 10.8. The number of anilines is 1. The number of hydrogen-bond donors (Lipinski definition) is 0. The van der Waals surface area contributed by atoms with Gasteiger partial charge in [-0.1, -0.05) is 18.2 Å². The van der Waals surface area contributed by atoms with Crippen LogP contribution in [0, 0.1) is 10.1 Å². The number of carbonyl (C=O) groups is 1. The van der Waals surface area contributed by atoms with Gasteiger partial charge in [0.15, 0.2) is 5.70 Å². The smallest absolute Gasteiger partial charge is 0.363 e. The third-order valence-corrected chi connectivity index (χ3v) is 4.02. The highest BCUT2D eigenvalue weighted by molar-refractivity contribution is 6.13. The lowest BCUT2D eigenvalue weighted by Gasteiger charge is -2.12. The standard InChI is InChI=1S/C20H19N3O5/c1-4-27-18-8-6-5-7-14(18)19-21-15(20(24)28-19)11-13-9-10-16(22(2)3)17(12-13)23(25)26/h5-12H,4H2,1-3H3/b15-11-. The molecule has 0 unspecified atom stereocenters. The quantitative estimate of drug-likeness (QED) is 0.329. The molecule has 144 valence electrons. The maximum atomic E-state index is 12.2. The van der Waals surface area contributed by atoms with E-state index in [0.717, 1.165) is 0 Å². The van der Waals surface area contributed by atoms with E-state index in [2.05, 4.69) is 4.99 Å². The number of esters is 1. The van der Waals surface area contributed by atoms with Crippen LogP contribution < -0.4 is 9.64 Å². The minimum absolute atomic E-state index is 0.0587. The van der Waals surface area contributed by atoms with Crippen LogP contribution in [0.1, 0.15) is 18.1 Å². The summed E-state index contributed by atoms with van der Waals surface area (Å²) in [5.74, 6) is 0.0733. The molecule has 8 heteroatoms. The van der Waals surface area contributed by atoms with E-state index in [1.54, 1.807) is 49.3 Å². The molecule has 0 bridgehead atoms. The van der Waals surface area contributed by atoms with Crippen LogP contribution in [0.4, 0.5) is 11.4 Å². The Bertz CT molecular complexity index is 995. The zero-order valence-corrected chi connectivity index (χ0v) is 15.7. The van der Waals surface area contributed by atoms with Gasteiger partial charge in [-0.3, -0.25) is 10.1 Å². The van der Waals surface area contributed by atoms with Crippen LogP contribution in [0.5, 0.6) is 5.75 Å². The molecule has 2 aromatic carbocycles. The number of cyclic esters (lactones) is 1. The Morgan fingerprint density at radius 1 is 1.25 bits per heavy atom. The molecule has 28 heavy (non-hydrogen) atoms. The van der Waals surface area contributed by atoms with Gasteiger partial charge in [-0.05, 0) is 36.8 Å². The first-order valence-corrected chi connectivity index (χ1v) is 8.61. The zero-order valence-electron chi connectivity index (χ0n) is 15.7. The lowest BCUT2D eigenvalue weighted by Crippen LogP contribution is -2.11. The van der Waals surface area contributed by atoms with Crippen molar-refractivity contribution in [2.24, 2.45) is 4.99 Å². The lowest BCUT2D eigenvalue weighted by molar-refractivity contribution is -0.384. The highest BCUT2D eigenvalue weighted by Crippen LogP contribution is 2.30. The number of nitro groups is 1. The van der Waals surface area contributed by atoms with Crippen molar-refractivity contribution in [3.05, 3.63) is 69.4 Å². The van der Waals surface area contributed by atoms with Crippen LogP contribution >= 0.6 is 0 Å². The summed E-state index contributed by atoms with van der Waals surface area (Å²) in [6.45, 7) is 2.32. The molecule has 3 rings (SSSR count). The number of benzene rings is 2. The fourth-order valence-corrected chi connectivity index (χ4v) is 2.76. The van der Waals surface area contributed by atoms with E-state index in [-0.39, 0.29) is 17.3 Å². The van der Waals surface area contributed by atoms with Crippen LogP contribution in [-0.4, -0.2) is 37.5 Å². The second-order valence-corrected chi connectivity index (χ2v) is 6.16. The summed E-state index contributed by atoms with van der Waals surface area (Å²) in [5.41, 5.74) is 1.52. The van der Waals surface area contributed by atoms with E-state index < -0.39 is 10.9 Å². The number of nitro benzene ring substituents is 1. The molecule has 0 aromatic heterocycles. The van der Waals surface area contributed by atoms with Gasteiger partial charge >= 0.3 is 5.97 Å². The van der Waals surface area contributed by atoms with Gasteiger partial charge in [0.25, 0.3) is 5.69 Å². The number of aliphatic imine (C=N–C) groups is 1. The van der Waals surface area contributed by atoms with Crippen LogP contribution in [0.25, 0.3) is 6.08 Å². The van der Waals surface area contributed by atoms with E-state index in [1.165, 1.54) is 12.1 Å². The molecule has 0 N–H and O–H groups in total. The van der Waals surface area contributed by atoms with Crippen molar-refractivity contribution in [1.82, 2.24) is 0 Å². The van der Waals surface area contributed by atoms with E-state index in [1.807, 2.05) is 13.0 Å². The Morgan fingerprint density at radius 3 is 2.68 bits per heavy atom. The maximum Gasteiger partial charge on any atom is 0.363 e. The Labute approximate surface area is 161 Å². The summed E-state index contributed by atoms with van der Waals surface area (Å²) in [6, 6.07) is 11.8. The van der Waals surface area contributed by atoms with Crippen molar-refractivity contribution in [2.75, 3.05) is 25.6 Å². The van der Waals surface area contributed by atoms with Crippen molar-refractivity contribution < 1.29 is 19.2 Å². The van der Waals surface area contributed by atoms with Crippen LogP contribution in [0.3, 0.4) is 0 Å². The summed E-state index contributed by atoms with van der Waals surface area (Å²) >= 11 is 0. The number of ether oxygens (including phenoxy) is 2. The summed E-state index contributed by atoms with van der Waals surface area (Å²) in [7, 11) is 3.45. The molecule has 0 spiro atoms. The van der Waals surface area contributed by atoms with Gasteiger partial charge in [0.1, 0.15) is 11.4 Å². The molecule has 0 fully saturated rings. The minimum atomic E-state index is -0.624. The Kier molecular flexibility index (Phi) is 5.39. The van der Waals surface area contributed by atoms with Crippen LogP contribution in [-0.2, 0) is 9.53 Å². The third kappa shape index (κ3) is 3.85. The first-order chi connectivity index (χ1) is 13.4. The van der Waals surface area contributed by atoms with Gasteiger partial charge in [-0.15, -0.1) is 0 Å². The molecule has 0 atom stereocenters. The molecule has 1 heterocycles. The Morgan fingerprint density at radius 2 is 2.00 bits per heavy atom. The second-order valence-electron chi connectivity index (χ2n) is 6.16. The largest absolute Gasteiger partial charge is 0.493 e. The first-order valence-electron chi connectivity index (χ1n) is 8.61. The molecule has 8 nitrogen and oxygen atoms in total. The summed E-state index contributed by atoms with van der Waals surface area (Å²) in [6.07, 6.45) is 1.46. The van der Waals surface area contributed by atoms with E-state index in [4.69, 9.17) is 9.47 Å². The van der Waals surface area contributed by atoms with Gasteiger partial charge in [-0.2, -0.15) is 0 Å². The van der Waals surface area contributed by atoms with Gasteiger partial charge in [-0.25, -0.2) is 9.79 Å². The van der Waals surface area contributed by atoms with Crippen molar-refractivity contribution in [2.45, 2.75) is 6.92 Å². The molecule has 0 radical (unpaired) electrons. The summed E-state index contributed by atoms with van der Waals surface area (Å²) in [5, 5.41) is 11.3. The first kappa shape index (κ1) is 19.1. The third-order valence-electron chi connectivity index (χ3n) is 4.02. The lowest BCUT2D eigenvalue weighted by atomic mass is 10.1. The van der Waals surface area contributed by atoms with Crippen molar-refractivity contribution in [1.29, 1.82) is 0 Å². The number of nitrogens with zero attached hydrogens (tertiary/aromatic N) is 3. The van der Waals surface area contributed by atoms with E-state index in [9.17, 15) is 14.9 Å². The average molecular weight is 381 g/mol. The fraction of sp³-hybridized carbons (Fsp3) is 0.200. The van der Waals surface area contributed by atoms with E-state index in [0.29, 0.717) is 29.2 Å². The Balaban J connectivity index is 1.98. The molecule has 2 aromatic rings. The fourth-order valence-electron chi connectivity index (χ4n) is 2.76. The maximum absolute atomic E-state index is 12.2. The van der Waals surface area contributed by atoms with Crippen molar-refractivity contribution >= 4 is 29.3 Å². The number of para-hydroxylation sites is 1. The van der Waals surface area contributed by atoms with Crippen LogP contribution in [0.15, 0.2) is 53.2 Å². The molecule has 1 aliphatic heterocycles. The van der Waals surface area contributed by atoms with Gasteiger partial charge in [0.05, 0.1) is 17.1 Å². The van der Waals surface area contributed by atoms with Crippen molar-refractivity contribution in [3.8, 4) is 5.75 Å². The van der Waals surface area contributed by atoms with Gasteiger partial charge in [0.2, 0.25) is 5.90 Å². The molecule has 1 aliphatic rings. The van der Waals surface area contributed by atoms with Crippen LogP contribution in [0.2, 0.25) is 0 Å². The molecule has 0 saturated carbocycles. The Hall–Kier alpha value is -3.68. The monoisotopic (exact) mass is 381 g/mol. The van der Waals surface area contributed by atoms with Gasteiger partial charge < -0.3 is 14.4 Å². The predicted octanol–water partition coefficient (Wildman–Crippen LogP) is 3.40. The van der Waals surface area contributed by atoms with Crippen molar-refractivity contribution in [3.63, 3.8) is 0 Å². The minimum Gasteiger partial charge on any atom is -0.493 e.